The van der Waals surface area contributed by atoms with Gasteiger partial charge in [-0.1, -0.05) is 0 Å². The molecular weight excluding hydrogens is 332 g/mol. The van der Waals surface area contributed by atoms with E-state index in [0.717, 1.165) is 6.07 Å². The first kappa shape index (κ1) is 20.2. The number of nitro groups is 1. The van der Waals surface area contributed by atoms with Gasteiger partial charge in [-0.25, -0.2) is 4.79 Å². The summed E-state index contributed by atoms with van der Waals surface area (Å²) in [6.07, 6.45) is -1.10. The lowest BCUT2D eigenvalue weighted by Gasteiger charge is -2.16. The van der Waals surface area contributed by atoms with Gasteiger partial charge in [-0.05, 0) is 27.7 Å². The quantitative estimate of drug-likeness (QED) is 0.431. The van der Waals surface area contributed by atoms with Gasteiger partial charge in [0.05, 0.1) is 24.7 Å². The van der Waals surface area contributed by atoms with Crippen molar-refractivity contribution < 1.29 is 28.7 Å². The van der Waals surface area contributed by atoms with E-state index in [1.54, 1.807) is 20.8 Å². The molecule has 1 N–H and O–H groups in total. The van der Waals surface area contributed by atoms with E-state index in [9.17, 15) is 19.7 Å². The highest BCUT2D eigenvalue weighted by Crippen LogP contribution is 2.35. The van der Waals surface area contributed by atoms with E-state index >= 15 is 0 Å². The Labute approximate surface area is 145 Å². The van der Waals surface area contributed by atoms with E-state index in [2.05, 4.69) is 5.32 Å². The van der Waals surface area contributed by atoms with Crippen LogP contribution >= 0.6 is 0 Å². The molecule has 0 saturated heterocycles. The molecule has 1 atom stereocenters. The summed E-state index contributed by atoms with van der Waals surface area (Å²) in [6, 6.07) is 2.13. The summed E-state index contributed by atoms with van der Waals surface area (Å²) < 4.78 is 15.4. The van der Waals surface area contributed by atoms with E-state index in [1.165, 1.54) is 20.1 Å². The molecule has 0 aliphatic carbocycles. The average Bonchev–Trinajstić information content (AvgIpc) is 2.53. The van der Waals surface area contributed by atoms with Gasteiger partial charge in [-0.3, -0.25) is 14.9 Å². The summed E-state index contributed by atoms with van der Waals surface area (Å²) in [5.41, 5.74) is -0.819. The van der Waals surface area contributed by atoms with Crippen LogP contribution in [-0.2, 0) is 9.53 Å². The van der Waals surface area contributed by atoms with Crippen molar-refractivity contribution in [3.05, 3.63) is 27.8 Å². The van der Waals surface area contributed by atoms with Crippen LogP contribution in [0, 0.1) is 10.1 Å². The van der Waals surface area contributed by atoms with Gasteiger partial charge in [0.1, 0.15) is 5.56 Å². The number of amides is 1. The molecule has 0 aromatic heterocycles. The number of carbonyl (C=O) groups excluding carboxylic acids is 2. The Hall–Kier alpha value is -2.84. The van der Waals surface area contributed by atoms with Crippen LogP contribution in [0.25, 0.3) is 0 Å². The van der Waals surface area contributed by atoms with E-state index in [0.29, 0.717) is 0 Å². The number of nitrogens with one attached hydrogen (secondary N) is 1. The maximum atomic E-state index is 12.3. The lowest BCUT2D eigenvalue weighted by Crippen LogP contribution is -2.39. The van der Waals surface area contributed by atoms with Crippen molar-refractivity contribution in [1.82, 2.24) is 5.32 Å². The third-order valence-electron chi connectivity index (χ3n) is 3.08. The van der Waals surface area contributed by atoms with Crippen LogP contribution in [0.15, 0.2) is 12.1 Å². The van der Waals surface area contributed by atoms with E-state index in [1.807, 2.05) is 0 Å². The van der Waals surface area contributed by atoms with Gasteiger partial charge in [0.15, 0.2) is 17.6 Å². The molecule has 1 aromatic carbocycles. The van der Waals surface area contributed by atoms with E-state index < -0.39 is 28.6 Å². The molecule has 138 valence electrons. The Morgan fingerprint density at radius 1 is 1.24 bits per heavy atom. The first-order chi connectivity index (χ1) is 11.7. The Bertz CT molecular complexity index is 658. The first-order valence-electron chi connectivity index (χ1n) is 7.71. The molecule has 0 unspecified atom stereocenters. The average molecular weight is 354 g/mol. The van der Waals surface area contributed by atoms with Crippen LogP contribution in [0.2, 0.25) is 0 Å². The number of ether oxygens (including phenoxy) is 3. The number of benzene rings is 1. The number of hydrogen-bond acceptors (Lipinski definition) is 7. The number of nitro benzene ring substituents is 1. The fraction of sp³-hybridized carbons (Fsp3) is 0.500. The highest BCUT2D eigenvalue weighted by molar-refractivity contribution is 5.96. The zero-order valence-corrected chi connectivity index (χ0v) is 14.8. The van der Waals surface area contributed by atoms with Gasteiger partial charge in [-0.15, -0.1) is 0 Å². The summed E-state index contributed by atoms with van der Waals surface area (Å²) in [6.45, 7) is 6.88. The molecule has 0 aliphatic heterocycles. The van der Waals surface area contributed by atoms with Crippen molar-refractivity contribution in [2.75, 3.05) is 13.7 Å². The molecule has 0 radical (unpaired) electrons. The zero-order valence-electron chi connectivity index (χ0n) is 14.8. The SMILES string of the molecule is CCOc1cc([N+](=O)[O-])c(C(=O)O[C@H](C)C(=O)NC(C)C)cc1OC. The Kier molecular flexibility index (Phi) is 7.16. The van der Waals surface area contributed by atoms with Crippen molar-refractivity contribution in [3.63, 3.8) is 0 Å². The number of carbonyl (C=O) groups is 2. The van der Waals surface area contributed by atoms with E-state index in [4.69, 9.17) is 14.2 Å². The monoisotopic (exact) mass is 354 g/mol. The Balaban J connectivity index is 3.15. The zero-order chi connectivity index (χ0) is 19.1. The standard InChI is InChI=1S/C16H22N2O7/c1-6-24-14-8-12(18(21)22)11(7-13(14)23-5)16(20)25-10(4)15(19)17-9(2)3/h7-10H,6H2,1-5H3,(H,17,19)/t10-/m1/s1. The maximum absolute atomic E-state index is 12.3. The fourth-order valence-electron chi connectivity index (χ4n) is 1.97. The second-order valence-electron chi connectivity index (χ2n) is 5.42. The maximum Gasteiger partial charge on any atom is 0.346 e. The number of hydrogen-bond donors (Lipinski definition) is 1. The molecule has 1 rings (SSSR count). The summed E-state index contributed by atoms with van der Waals surface area (Å²) in [7, 11) is 1.34. The van der Waals surface area contributed by atoms with Crippen LogP contribution in [-0.4, -0.2) is 42.7 Å². The number of esters is 1. The van der Waals surface area contributed by atoms with Crippen LogP contribution in [0.4, 0.5) is 5.69 Å². The molecule has 9 nitrogen and oxygen atoms in total. The van der Waals surface area contributed by atoms with Gasteiger partial charge in [0.2, 0.25) is 0 Å². The summed E-state index contributed by atoms with van der Waals surface area (Å²) in [5.74, 6) is -1.21. The van der Waals surface area contributed by atoms with Gasteiger partial charge >= 0.3 is 5.97 Å². The van der Waals surface area contributed by atoms with Crippen molar-refractivity contribution in [2.45, 2.75) is 39.8 Å². The third kappa shape index (κ3) is 5.33. The molecule has 0 saturated carbocycles. The minimum Gasteiger partial charge on any atom is -0.493 e. The first-order valence-corrected chi connectivity index (χ1v) is 7.71. The highest BCUT2D eigenvalue weighted by Gasteiger charge is 2.28. The van der Waals surface area contributed by atoms with E-state index in [-0.39, 0.29) is 29.7 Å². The fourth-order valence-corrected chi connectivity index (χ4v) is 1.97. The molecule has 25 heavy (non-hydrogen) atoms. The smallest absolute Gasteiger partial charge is 0.346 e. The lowest BCUT2D eigenvalue weighted by molar-refractivity contribution is -0.385. The predicted molar refractivity (Wildman–Crippen MR) is 89.0 cm³/mol. The van der Waals surface area contributed by atoms with Gasteiger partial charge in [0.25, 0.3) is 11.6 Å². The molecule has 1 amide bonds. The predicted octanol–water partition coefficient (Wildman–Crippen LogP) is 2.07. The van der Waals surface area contributed by atoms with Gasteiger partial charge < -0.3 is 19.5 Å². The van der Waals surface area contributed by atoms with Crippen molar-refractivity contribution >= 4 is 17.6 Å². The molecule has 0 spiro atoms. The second kappa shape index (κ2) is 8.86. The minimum absolute atomic E-state index is 0.131. The van der Waals surface area contributed by atoms with Crippen molar-refractivity contribution in [1.29, 1.82) is 0 Å². The van der Waals surface area contributed by atoms with Crippen LogP contribution < -0.4 is 14.8 Å². The van der Waals surface area contributed by atoms with Crippen LogP contribution in [0.1, 0.15) is 38.1 Å². The topological polar surface area (TPSA) is 117 Å². The van der Waals surface area contributed by atoms with Crippen LogP contribution in [0.3, 0.4) is 0 Å². The molecular formula is C16H22N2O7. The third-order valence-corrected chi connectivity index (χ3v) is 3.08. The summed E-state index contributed by atoms with van der Waals surface area (Å²) >= 11 is 0. The molecule has 0 fully saturated rings. The largest absolute Gasteiger partial charge is 0.493 e. The van der Waals surface area contributed by atoms with Crippen molar-refractivity contribution in [2.24, 2.45) is 0 Å². The second-order valence-corrected chi connectivity index (χ2v) is 5.42. The Morgan fingerprint density at radius 3 is 2.36 bits per heavy atom. The highest BCUT2D eigenvalue weighted by atomic mass is 16.6. The molecule has 1 aromatic rings. The molecule has 0 bridgehead atoms. The minimum atomic E-state index is -1.10. The Morgan fingerprint density at radius 2 is 1.88 bits per heavy atom. The van der Waals surface area contributed by atoms with Crippen molar-refractivity contribution in [3.8, 4) is 11.5 Å². The number of methoxy groups -OCH3 is 1. The summed E-state index contributed by atoms with van der Waals surface area (Å²) in [5, 5.41) is 13.9. The molecule has 9 heteroatoms. The van der Waals surface area contributed by atoms with Gasteiger partial charge in [0, 0.05) is 12.1 Å². The van der Waals surface area contributed by atoms with Crippen LogP contribution in [0.5, 0.6) is 11.5 Å². The number of rotatable bonds is 8. The summed E-state index contributed by atoms with van der Waals surface area (Å²) in [4.78, 5) is 34.7. The number of nitrogens with zero attached hydrogens (tertiary/aromatic N) is 1. The van der Waals surface area contributed by atoms with Gasteiger partial charge in [-0.2, -0.15) is 0 Å². The molecule has 0 aliphatic rings. The normalized spacial score (nSPS) is 11.6. The molecule has 0 heterocycles. The lowest BCUT2D eigenvalue weighted by atomic mass is 10.1.